The van der Waals surface area contributed by atoms with Crippen molar-refractivity contribution in [3.63, 3.8) is 0 Å². The Morgan fingerprint density at radius 2 is 2.25 bits per heavy atom. The van der Waals surface area contributed by atoms with Gasteiger partial charge in [0.25, 0.3) is 5.91 Å². The van der Waals surface area contributed by atoms with Gasteiger partial charge < -0.3 is 10.4 Å². The Kier molecular flexibility index (Phi) is 4.94. The molecule has 20 heavy (non-hydrogen) atoms. The molecular formula is C16H15NO2S. The molecule has 0 spiro atoms. The summed E-state index contributed by atoms with van der Waals surface area (Å²) in [4.78, 5) is 12.1. The molecule has 1 aromatic carbocycles. The number of aliphatic hydroxyl groups is 1. The normalized spacial score (nSPS) is 9.70. The zero-order chi connectivity index (χ0) is 14.4. The van der Waals surface area contributed by atoms with Crippen LogP contribution in [0, 0.1) is 18.8 Å². The maximum absolute atomic E-state index is 12.1. The highest BCUT2D eigenvalue weighted by atomic mass is 32.1. The van der Waals surface area contributed by atoms with E-state index in [4.69, 9.17) is 5.11 Å². The number of carbonyl (C=O) groups is 1. The summed E-state index contributed by atoms with van der Waals surface area (Å²) in [5.41, 5.74) is 3.16. The summed E-state index contributed by atoms with van der Waals surface area (Å²) < 4.78 is 0. The Balaban J connectivity index is 2.24. The summed E-state index contributed by atoms with van der Waals surface area (Å²) >= 11 is 1.49. The number of anilines is 1. The smallest absolute Gasteiger partial charge is 0.256 e. The summed E-state index contributed by atoms with van der Waals surface area (Å²) in [6, 6.07) is 7.51. The molecule has 4 heteroatoms. The monoisotopic (exact) mass is 285 g/mol. The zero-order valence-corrected chi connectivity index (χ0v) is 12.0. The predicted octanol–water partition coefficient (Wildman–Crippen LogP) is 3.04. The van der Waals surface area contributed by atoms with Crippen molar-refractivity contribution in [2.75, 3.05) is 11.9 Å². The third kappa shape index (κ3) is 3.70. The topological polar surface area (TPSA) is 49.3 Å². The van der Waals surface area contributed by atoms with Gasteiger partial charge in [0.1, 0.15) is 0 Å². The second kappa shape index (κ2) is 6.90. The van der Waals surface area contributed by atoms with Gasteiger partial charge >= 0.3 is 0 Å². The summed E-state index contributed by atoms with van der Waals surface area (Å²) in [6.07, 6.45) is 0.422. The summed E-state index contributed by atoms with van der Waals surface area (Å²) in [7, 11) is 0. The number of thiophene rings is 1. The molecule has 0 aliphatic heterocycles. The van der Waals surface area contributed by atoms with Crippen molar-refractivity contribution in [2.24, 2.45) is 0 Å². The molecule has 0 bridgehead atoms. The van der Waals surface area contributed by atoms with E-state index >= 15 is 0 Å². The van der Waals surface area contributed by atoms with Crippen LogP contribution in [0.25, 0.3) is 0 Å². The number of amides is 1. The molecule has 1 amide bonds. The van der Waals surface area contributed by atoms with Gasteiger partial charge in [0.05, 0.1) is 17.9 Å². The van der Waals surface area contributed by atoms with E-state index in [1.54, 1.807) is 6.07 Å². The van der Waals surface area contributed by atoms with E-state index in [0.29, 0.717) is 17.7 Å². The number of carbonyl (C=O) groups excluding carboxylic acids is 1. The zero-order valence-electron chi connectivity index (χ0n) is 11.1. The largest absolute Gasteiger partial charge is 0.395 e. The fourth-order valence-corrected chi connectivity index (χ4v) is 2.31. The molecule has 2 N–H and O–H groups in total. The second-order valence-corrected chi connectivity index (χ2v) is 5.07. The van der Waals surface area contributed by atoms with Gasteiger partial charge in [0.15, 0.2) is 0 Å². The Morgan fingerprint density at radius 1 is 1.40 bits per heavy atom. The van der Waals surface area contributed by atoms with Crippen molar-refractivity contribution in [3.05, 3.63) is 51.7 Å². The number of rotatable bonds is 3. The number of benzene rings is 1. The van der Waals surface area contributed by atoms with Crippen molar-refractivity contribution in [3.8, 4) is 11.8 Å². The van der Waals surface area contributed by atoms with Gasteiger partial charge in [-0.3, -0.25) is 4.79 Å². The van der Waals surface area contributed by atoms with Crippen molar-refractivity contribution >= 4 is 22.9 Å². The number of hydrogen-bond acceptors (Lipinski definition) is 3. The Morgan fingerprint density at radius 3 is 2.95 bits per heavy atom. The second-order valence-electron chi connectivity index (χ2n) is 4.29. The van der Waals surface area contributed by atoms with E-state index in [9.17, 15) is 4.79 Å². The molecule has 3 nitrogen and oxygen atoms in total. The van der Waals surface area contributed by atoms with E-state index in [2.05, 4.69) is 17.2 Å². The molecule has 0 radical (unpaired) electrons. The van der Waals surface area contributed by atoms with E-state index < -0.39 is 0 Å². The first kappa shape index (κ1) is 14.3. The fourth-order valence-electron chi connectivity index (χ4n) is 1.67. The Labute approximate surface area is 122 Å². The van der Waals surface area contributed by atoms with Crippen molar-refractivity contribution in [1.29, 1.82) is 0 Å². The molecule has 0 atom stereocenters. The number of hydrogen-bond donors (Lipinski definition) is 2. The molecule has 0 aliphatic carbocycles. The van der Waals surface area contributed by atoms with Crippen LogP contribution < -0.4 is 5.32 Å². The van der Waals surface area contributed by atoms with Crippen LogP contribution in [0.5, 0.6) is 0 Å². The highest BCUT2D eigenvalue weighted by Gasteiger charge is 2.08. The maximum atomic E-state index is 12.1. The fraction of sp³-hybridized carbons (Fsp3) is 0.188. The van der Waals surface area contributed by atoms with Crippen LogP contribution in [0.3, 0.4) is 0 Å². The summed E-state index contributed by atoms with van der Waals surface area (Å²) in [5, 5.41) is 15.3. The van der Waals surface area contributed by atoms with Crippen molar-refractivity contribution < 1.29 is 9.90 Å². The number of aryl methyl sites for hydroxylation is 1. The Bertz CT molecular complexity index is 651. The van der Waals surface area contributed by atoms with Gasteiger partial charge in [-0.05, 0) is 36.1 Å². The van der Waals surface area contributed by atoms with Crippen LogP contribution in [-0.2, 0) is 0 Å². The van der Waals surface area contributed by atoms with Crippen molar-refractivity contribution in [1.82, 2.24) is 0 Å². The molecule has 0 saturated heterocycles. The molecule has 2 rings (SSSR count). The first-order valence-corrected chi connectivity index (χ1v) is 7.19. The lowest BCUT2D eigenvalue weighted by atomic mass is 10.1. The number of nitrogens with one attached hydrogen (secondary N) is 1. The van der Waals surface area contributed by atoms with E-state index in [1.807, 2.05) is 35.9 Å². The molecule has 1 heterocycles. The quantitative estimate of drug-likeness (QED) is 0.852. The number of aliphatic hydroxyl groups excluding tert-OH is 1. The van der Waals surface area contributed by atoms with E-state index in [-0.39, 0.29) is 12.5 Å². The van der Waals surface area contributed by atoms with Gasteiger partial charge in [0.2, 0.25) is 0 Å². The SMILES string of the molecule is Cc1ccc(C#CCCO)c(NC(=O)c2ccsc2)c1. The van der Waals surface area contributed by atoms with Crippen LogP contribution in [0.2, 0.25) is 0 Å². The van der Waals surface area contributed by atoms with Gasteiger partial charge in [-0.1, -0.05) is 17.9 Å². The van der Waals surface area contributed by atoms with Crippen molar-refractivity contribution in [2.45, 2.75) is 13.3 Å². The van der Waals surface area contributed by atoms with Gasteiger partial charge in [-0.2, -0.15) is 11.3 Å². The minimum Gasteiger partial charge on any atom is -0.395 e. The summed E-state index contributed by atoms with van der Waals surface area (Å²) in [6.45, 7) is 2.00. The standard InChI is InChI=1S/C16H15NO2S/c1-12-5-6-13(4-2-3-8-18)15(10-12)17-16(19)14-7-9-20-11-14/h5-7,9-11,18H,3,8H2,1H3,(H,17,19). The molecule has 0 unspecified atom stereocenters. The molecular weight excluding hydrogens is 270 g/mol. The van der Waals surface area contributed by atoms with Crippen LogP contribution in [-0.4, -0.2) is 17.6 Å². The Hall–Kier alpha value is -2.09. The van der Waals surface area contributed by atoms with Gasteiger partial charge in [-0.15, -0.1) is 0 Å². The molecule has 1 aromatic heterocycles. The minimum atomic E-state index is -0.137. The first-order valence-electron chi connectivity index (χ1n) is 6.24. The molecule has 0 saturated carbocycles. The lowest BCUT2D eigenvalue weighted by Gasteiger charge is -2.07. The molecule has 0 aliphatic rings. The third-order valence-corrected chi connectivity index (χ3v) is 3.35. The predicted molar refractivity (Wildman–Crippen MR) is 82.0 cm³/mol. The average molecular weight is 285 g/mol. The molecule has 0 fully saturated rings. The van der Waals surface area contributed by atoms with Gasteiger partial charge in [-0.25, -0.2) is 0 Å². The summed E-state index contributed by atoms with van der Waals surface area (Å²) in [5.74, 6) is 5.70. The lowest BCUT2D eigenvalue weighted by Crippen LogP contribution is -2.12. The van der Waals surface area contributed by atoms with E-state index in [0.717, 1.165) is 11.1 Å². The highest BCUT2D eigenvalue weighted by molar-refractivity contribution is 7.08. The minimum absolute atomic E-state index is 0.0372. The first-order chi connectivity index (χ1) is 9.70. The lowest BCUT2D eigenvalue weighted by molar-refractivity contribution is 0.102. The van der Waals surface area contributed by atoms with Gasteiger partial charge in [0, 0.05) is 17.4 Å². The third-order valence-electron chi connectivity index (χ3n) is 2.67. The molecule has 102 valence electrons. The van der Waals surface area contributed by atoms with Crippen LogP contribution >= 0.6 is 11.3 Å². The van der Waals surface area contributed by atoms with Crippen LogP contribution in [0.1, 0.15) is 27.9 Å². The van der Waals surface area contributed by atoms with Crippen LogP contribution in [0.15, 0.2) is 35.0 Å². The molecule has 2 aromatic rings. The average Bonchev–Trinajstić information content (AvgIpc) is 2.95. The van der Waals surface area contributed by atoms with Crippen LogP contribution in [0.4, 0.5) is 5.69 Å². The van der Waals surface area contributed by atoms with E-state index in [1.165, 1.54) is 11.3 Å². The maximum Gasteiger partial charge on any atom is 0.256 e. The highest BCUT2D eigenvalue weighted by Crippen LogP contribution is 2.18.